The van der Waals surface area contributed by atoms with E-state index in [4.69, 9.17) is 11.5 Å². The summed E-state index contributed by atoms with van der Waals surface area (Å²) >= 11 is 0. The standard InChI is InChI=1S/C12H19N3O/c1-15(2)7-3-4-9-5-6-10(12(14)16)11(13)8-9/h5-6,8H,3-4,7,13H2,1-2H3,(H2,14,16). The summed E-state index contributed by atoms with van der Waals surface area (Å²) in [5, 5.41) is 0. The topological polar surface area (TPSA) is 72.3 Å². The van der Waals surface area contributed by atoms with Crippen LogP contribution in [0.2, 0.25) is 0 Å². The van der Waals surface area contributed by atoms with Crippen molar-refractivity contribution in [2.75, 3.05) is 26.4 Å². The fraction of sp³-hybridized carbons (Fsp3) is 0.417. The van der Waals surface area contributed by atoms with Crippen LogP contribution in [0.15, 0.2) is 18.2 Å². The van der Waals surface area contributed by atoms with Crippen molar-refractivity contribution >= 4 is 11.6 Å². The van der Waals surface area contributed by atoms with Crippen molar-refractivity contribution in [3.8, 4) is 0 Å². The van der Waals surface area contributed by atoms with Gasteiger partial charge in [0.1, 0.15) is 0 Å². The third-order valence-corrected chi connectivity index (χ3v) is 2.45. The Kier molecular flexibility index (Phi) is 4.31. The number of aryl methyl sites for hydroxylation is 1. The molecule has 0 aliphatic carbocycles. The number of carbonyl (C=O) groups excluding carboxylic acids is 1. The lowest BCUT2D eigenvalue weighted by Crippen LogP contribution is -2.14. The summed E-state index contributed by atoms with van der Waals surface area (Å²) in [5.74, 6) is -0.475. The molecule has 16 heavy (non-hydrogen) atoms. The van der Waals surface area contributed by atoms with Crippen molar-refractivity contribution in [1.29, 1.82) is 0 Å². The number of rotatable bonds is 5. The Morgan fingerprint density at radius 3 is 2.56 bits per heavy atom. The van der Waals surface area contributed by atoms with Gasteiger partial charge in [-0.15, -0.1) is 0 Å². The maximum absolute atomic E-state index is 11.0. The second-order valence-corrected chi connectivity index (χ2v) is 4.19. The molecular formula is C12H19N3O. The van der Waals surface area contributed by atoms with Crippen LogP contribution in [0.5, 0.6) is 0 Å². The highest BCUT2D eigenvalue weighted by molar-refractivity contribution is 5.97. The van der Waals surface area contributed by atoms with Crippen LogP contribution < -0.4 is 11.5 Å². The minimum atomic E-state index is -0.475. The Bertz CT molecular complexity index is 375. The van der Waals surface area contributed by atoms with Gasteiger partial charge in [-0.05, 0) is 51.2 Å². The number of hydrogen-bond donors (Lipinski definition) is 2. The average molecular weight is 221 g/mol. The average Bonchev–Trinajstić information content (AvgIpc) is 2.16. The number of nitrogens with two attached hydrogens (primary N) is 2. The predicted molar refractivity (Wildman–Crippen MR) is 66.2 cm³/mol. The SMILES string of the molecule is CN(C)CCCc1ccc(C(N)=O)c(N)c1. The quantitative estimate of drug-likeness (QED) is 0.724. The van der Waals surface area contributed by atoms with Gasteiger partial charge in [0.05, 0.1) is 5.56 Å². The fourth-order valence-corrected chi connectivity index (χ4v) is 1.59. The molecule has 1 rings (SSSR count). The minimum Gasteiger partial charge on any atom is -0.398 e. The molecule has 4 N–H and O–H groups in total. The maximum Gasteiger partial charge on any atom is 0.250 e. The van der Waals surface area contributed by atoms with Crippen molar-refractivity contribution in [1.82, 2.24) is 4.90 Å². The molecule has 0 aliphatic rings. The number of carbonyl (C=O) groups is 1. The summed E-state index contributed by atoms with van der Waals surface area (Å²) in [6.45, 7) is 1.04. The summed E-state index contributed by atoms with van der Waals surface area (Å²) in [4.78, 5) is 13.1. The third kappa shape index (κ3) is 3.55. The molecule has 1 aromatic carbocycles. The van der Waals surface area contributed by atoms with Gasteiger partial charge in [-0.1, -0.05) is 6.07 Å². The molecule has 0 spiro atoms. The van der Waals surface area contributed by atoms with E-state index < -0.39 is 5.91 Å². The normalized spacial score (nSPS) is 10.7. The van der Waals surface area contributed by atoms with Crippen LogP contribution in [0.1, 0.15) is 22.3 Å². The first kappa shape index (κ1) is 12.5. The highest BCUT2D eigenvalue weighted by Crippen LogP contribution is 2.15. The number of nitrogen functional groups attached to an aromatic ring is 1. The number of benzene rings is 1. The van der Waals surface area contributed by atoms with Crippen molar-refractivity contribution in [2.24, 2.45) is 5.73 Å². The van der Waals surface area contributed by atoms with E-state index in [0.29, 0.717) is 11.3 Å². The Morgan fingerprint density at radius 1 is 1.38 bits per heavy atom. The van der Waals surface area contributed by atoms with Crippen LogP contribution in [0.4, 0.5) is 5.69 Å². The molecule has 0 radical (unpaired) electrons. The molecule has 4 heteroatoms. The van der Waals surface area contributed by atoms with Gasteiger partial charge in [-0.25, -0.2) is 0 Å². The first-order valence-corrected chi connectivity index (χ1v) is 5.33. The van der Waals surface area contributed by atoms with Gasteiger partial charge in [0.25, 0.3) is 5.91 Å². The van der Waals surface area contributed by atoms with Crippen molar-refractivity contribution in [3.05, 3.63) is 29.3 Å². The van der Waals surface area contributed by atoms with Gasteiger partial charge in [0, 0.05) is 5.69 Å². The highest BCUT2D eigenvalue weighted by Gasteiger charge is 2.05. The molecule has 0 bridgehead atoms. The van der Waals surface area contributed by atoms with Crippen LogP contribution in [0, 0.1) is 0 Å². The fourth-order valence-electron chi connectivity index (χ4n) is 1.59. The van der Waals surface area contributed by atoms with E-state index in [1.165, 1.54) is 0 Å². The lowest BCUT2D eigenvalue weighted by molar-refractivity contribution is 0.100. The largest absolute Gasteiger partial charge is 0.398 e. The van der Waals surface area contributed by atoms with Crippen molar-refractivity contribution in [3.63, 3.8) is 0 Å². The van der Waals surface area contributed by atoms with Crippen molar-refractivity contribution < 1.29 is 4.79 Å². The maximum atomic E-state index is 11.0. The molecule has 1 amide bonds. The van der Waals surface area contributed by atoms with E-state index in [9.17, 15) is 4.79 Å². The Balaban J connectivity index is 2.63. The number of hydrogen-bond acceptors (Lipinski definition) is 3. The Hall–Kier alpha value is -1.55. The van der Waals surface area contributed by atoms with E-state index in [1.807, 2.05) is 26.2 Å². The zero-order chi connectivity index (χ0) is 12.1. The predicted octanol–water partition coefficient (Wildman–Crippen LogP) is 0.862. The molecule has 4 nitrogen and oxygen atoms in total. The number of amides is 1. The Labute approximate surface area is 96.2 Å². The zero-order valence-electron chi connectivity index (χ0n) is 9.86. The summed E-state index contributed by atoms with van der Waals surface area (Å²) in [6, 6.07) is 5.44. The van der Waals surface area contributed by atoms with Crippen molar-refractivity contribution in [2.45, 2.75) is 12.8 Å². The second kappa shape index (κ2) is 5.51. The molecule has 88 valence electrons. The van der Waals surface area contributed by atoms with E-state index in [2.05, 4.69) is 4.90 Å². The zero-order valence-corrected chi connectivity index (χ0v) is 9.86. The van der Waals surface area contributed by atoms with E-state index in [1.54, 1.807) is 6.07 Å². The monoisotopic (exact) mass is 221 g/mol. The van der Waals surface area contributed by atoms with Gasteiger partial charge in [0.15, 0.2) is 0 Å². The molecule has 0 atom stereocenters. The summed E-state index contributed by atoms with van der Waals surface area (Å²) in [7, 11) is 4.09. The first-order valence-electron chi connectivity index (χ1n) is 5.33. The lowest BCUT2D eigenvalue weighted by atomic mass is 10.0. The third-order valence-electron chi connectivity index (χ3n) is 2.45. The molecular weight excluding hydrogens is 202 g/mol. The Morgan fingerprint density at radius 2 is 2.06 bits per heavy atom. The van der Waals surface area contributed by atoms with Gasteiger partial charge in [-0.2, -0.15) is 0 Å². The van der Waals surface area contributed by atoms with Crippen LogP contribution >= 0.6 is 0 Å². The van der Waals surface area contributed by atoms with Gasteiger partial charge in [0.2, 0.25) is 0 Å². The van der Waals surface area contributed by atoms with Crippen LogP contribution in [0.25, 0.3) is 0 Å². The summed E-state index contributed by atoms with van der Waals surface area (Å²) in [5.41, 5.74) is 12.9. The van der Waals surface area contributed by atoms with Gasteiger partial charge in [-0.3, -0.25) is 4.79 Å². The molecule has 0 heterocycles. The molecule has 0 saturated carbocycles. The van der Waals surface area contributed by atoms with Gasteiger partial charge >= 0.3 is 0 Å². The molecule has 0 fully saturated rings. The van der Waals surface area contributed by atoms with Crippen LogP contribution in [0.3, 0.4) is 0 Å². The van der Waals surface area contributed by atoms with E-state index in [-0.39, 0.29) is 0 Å². The summed E-state index contributed by atoms with van der Waals surface area (Å²) in [6.07, 6.45) is 2.03. The highest BCUT2D eigenvalue weighted by atomic mass is 16.1. The smallest absolute Gasteiger partial charge is 0.250 e. The molecule has 0 unspecified atom stereocenters. The van der Waals surface area contributed by atoms with Crippen LogP contribution in [-0.4, -0.2) is 31.4 Å². The second-order valence-electron chi connectivity index (χ2n) is 4.19. The molecule has 0 aromatic heterocycles. The molecule has 0 saturated heterocycles. The van der Waals surface area contributed by atoms with Crippen LogP contribution in [-0.2, 0) is 6.42 Å². The lowest BCUT2D eigenvalue weighted by Gasteiger charge is -2.09. The first-order chi connectivity index (χ1) is 7.50. The number of nitrogens with zero attached hydrogens (tertiary/aromatic N) is 1. The van der Waals surface area contributed by atoms with Gasteiger partial charge < -0.3 is 16.4 Å². The van der Waals surface area contributed by atoms with E-state index >= 15 is 0 Å². The molecule has 1 aromatic rings. The number of anilines is 1. The minimum absolute atomic E-state index is 0.399. The summed E-state index contributed by atoms with van der Waals surface area (Å²) < 4.78 is 0. The number of primary amides is 1. The molecule has 0 aliphatic heterocycles. The van der Waals surface area contributed by atoms with E-state index in [0.717, 1.165) is 24.9 Å².